The van der Waals surface area contributed by atoms with Gasteiger partial charge in [0.25, 0.3) is 0 Å². The second-order valence-electron chi connectivity index (χ2n) is 4.19. The van der Waals surface area contributed by atoms with Crippen LogP contribution in [0.1, 0.15) is 59.3 Å². The fourth-order valence-corrected chi connectivity index (χ4v) is 1.50. The first kappa shape index (κ1) is 13.3. The van der Waals surface area contributed by atoms with E-state index in [4.69, 9.17) is 0 Å². The molecule has 0 fully saturated rings. The van der Waals surface area contributed by atoms with Crippen LogP contribution in [0.3, 0.4) is 0 Å². The van der Waals surface area contributed by atoms with Crippen molar-refractivity contribution in [3.8, 4) is 0 Å². The minimum absolute atomic E-state index is 0.221. The summed E-state index contributed by atoms with van der Waals surface area (Å²) in [6.07, 6.45) is 4.91. The van der Waals surface area contributed by atoms with Gasteiger partial charge in [-0.15, -0.1) is 0 Å². The van der Waals surface area contributed by atoms with Gasteiger partial charge in [0, 0.05) is 19.3 Å². The van der Waals surface area contributed by atoms with Crippen molar-refractivity contribution in [2.75, 3.05) is 0 Å². The molecule has 0 aromatic carbocycles. The van der Waals surface area contributed by atoms with Crippen LogP contribution in [0.4, 0.5) is 0 Å². The first-order valence-corrected chi connectivity index (χ1v) is 5.57. The van der Waals surface area contributed by atoms with Crippen molar-refractivity contribution in [2.45, 2.75) is 59.3 Å². The smallest absolute Gasteiger partial charge is 0.132 e. The molecule has 1 atom stereocenters. The van der Waals surface area contributed by atoms with E-state index in [1.807, 2.05) is 6.92 Å². The van der Waals surface area contributed by atoms with Crippen molar-refractivity contribution < 1.29 is 9.59 Å². The molecule has 2 nitrogen and oxygen atoms in total. The summed E-state index contributed by atoms with van der Waals surface area (Å²) in [6, 6.07) is 0. The van der Waals surface area contributed by atoms with Gasteiger partial charge < -0.3 is 4.79 Å². The molecule has 0 rings (SSSR count). The monoisotopic (exact) mass is 198 g/mol. The van der Waals surface area contributed by atoms with Crippen molar-refractivity contribution in [2.24, 2.45) is 5.92 Å². The number of unbranched alkanes of at least 4 members (excludes halogenated alkanes) is 1. The molecule has 0 bridgehead atoms. The molecular formula is C12H22O2. The molecule has 0 aromatic rings. The Morgan fingerprint density at radius 3 is 2.36 bits per heavy atom. The zero-order chi connectivity index (χ0) is 11.0. The minimum Gasteiger partial charge on any atom is -0.300 e. The van der Waals surface area contributed by atoms with E-state index in [2.05, 4.69) is 6.92 Å². The van der Waals surface area contributed by atoms with Gasteiger partial charge in [-0.05, 0) is 25.7 Å². The van der Waals surface area contributed by atoms with Gasteiger partial charge >= 0.3 is 0 Å². The molecule has 2 heteroatoms. The van der Waals surface area contributed by atoms with Gasteiger partial charge in [0.15, 0.2) is 0 Å². The van der Waals surface area contributed by atoms with Crippen LogP contribution < -0.4 is 0 Å². The largest absolute Gasteiger partial charge is 0.300 e. The molecule has 0 aromatic heterocycles. The van der Waals surface area contributed by atoms with Crippen LogP contribution in [0, 0.1) is 5.92 Å². The summed E-state index contributed by atoms with van der Waals surface area (Å²) in [5.41, 5.74) is 0. The van der Waals surface area contributed by atoms with Crippen LogP contribution in [0.5, 0.6) is 0 Å². The standard InChI is InChI=1S/C12H22O2/c1-4-5-6-12(14)8-7-10(2)9-11(3)13/h10H,4-9H2,1-3H3. The van der Waals surface area contributed by atoms with Crippen molar-refractivity contribution >= 4 is 11.6 Å². The number of hydrogen-bond donors (Lipinski definition) is 0. The average molecular weight is 198 g/mol. The first-order valence-electron chi connectivity index (χ1n) is 5.57. The summed E-state index contributed by atoms with van der Waals surface area (Å²) in [4.78, 5) is 22.1. The van der Waals surface area contributed by atoms with Crippen LogP contribution in [0.15, 0.2) is 0 Å². The Morgan fingerprint density at radius 1 is 1.21 bits per heavy atom. The molecule has 0 N–H and O–H groups in total. The summed E-state index contributed by atoms with van der Waals surface area (Å²) >= 11 is 0. The molecule has 0 spiro atoms. The zero-order valence-electron chi connectivity index (χ0n) is 9.64. The fraction of sp³-hybridized carbons (Fsp3) is 0.833. The highest BCUT2D eigenvalue weighted by molar-refractivity contribution is 5.78. The van der Waals surface area contributed by atoms with Gasteiger partial charge in [0.1, 0.15) is 11.6 Å². The SMILES string of the molecule is CCCCC(=O)CCC(C)CC(C)=O. The second kappa shape index (κ2) is 7.72. The minimum atomic E-state index is 0.221. The maximum atomic E-state index is 11.3. The van der Waals surface area contributed by atoms with Crippen LogP contribution >= 0.6 is 0 Å². The Morgan fingerprint density at radius 2 is 1.86 bits per heavy atom. The van der Waals surface area contributed by atoms with Crippen molar-refractivity contribution in [1.82, 2.24) is 0 Å². The van der Waals surface area contributed by atoms with Crippen LogP contribution in [0.2, 0.25) is 0 Å². The Hall–Kier alpha value is -0.660. The van der Waals surface area contributed by atoms with Crippen molar-refractivity contribution in [1.29, 1.82) is 0 Å². The van der Waals surface area contributed by atoms with Crippen LogP contribution in [0.25, 0.3) is 0 Å². The lowest BCUT2D eigenvalue weighted by atomic mass is 9.97. The topological polar surface area (TPSA) is 34.1 Å². The Balaban J connectivity index is 3.50. The van der Waals surface area contributed by atoms with E-state index < -0.39 is 0 Å². The first-order chi connectivity index (χ1) is 6.56. The van der Waals surface area contributed by atoms with E-state index >= 15 is 0 Å². The van der Waals surface area contributed by atoms with Crippen LogP contribution in [-0.2, 0) is 9.59 Å². The summed E-state index contributed by atoms with van der Waals surface area (Å²) in [5.74, 6) is 0.929. The third-order valence-electron chi connectivity index (χ3n) is 2.36. The van der Waals surface area contributed by atoms with E-state index in [0.717, 1.165) is 19.3 Å². The third-order valence-corrected chi connectivity index (χ3v) is 2.36. The lowest BCUT2D eigenvalue weighted by Crippen LogP contribution is -2.05. The second-order valence-corrected chi connectivity index (χ2v) is 4.19. The summed E-state index contributed by atoms with van der Waals surface area (Å²) in [6.45, 7) is 5.73. The van der Waals surface area contributed by atoms with Crippen molar-refractivity contribution in [3.63, 3.8) is 0 Å². The predicted octanol–water partition coefficient (Wildman–Crippen LogP) is 3.14. The molecule has 82 valence electrons. The van der Waals surface area contributed by atoms with E-state index in [1.54, 1.807) is 6.92 Å². The molecule has 0 radical (unpaired) electrons. The number of Topliss-reactive ketones (excluding diaryl/α,β-unsaturated/α-hetero) is 2. The highest BCUT2D eigenvalue weighted by atomic mass is 16.1. The molecule has 0 amide bonds. The molecule has 0 aliphatic carbocycles. The van der Waals surface area contributed by atoms with Gasteiger partial charge in [-0.25, -0.2) is 0 Å². The van der Waals surface area contributed by atoms with Crippen molar-refractivity contribution in [3.05, 3.63) is 0 Å². The molecule has 1 unspecified atom stereocenters. The van der Waals surface area contributed by atoms with Crippen LogP contribution in [-0.4, -0.2) is 11.6 Å². The maximum absolute atomic E-state index is 11.3. The molecular weight excluding hydrogens is 176 g/mol. The van der Waals surface area contributed by atoms with Gasteiger partial charge in [-0.1, -0.05) is 20.3 Å². The predicted molar refractivity (Wildman–Crippen MR) is 58.2 cm³/mol. The summed E-state index contributed by atoms with van der Waals surface area (Å²) in [5, 5.41) is 0. The Bertz CT molecular complexity index is 185. The molecule has 0 aliphatic heterocycles. The molecule has 0 aliphatic rings. The maximum Gasteiger partial charge on any atom is 0.132 e. The quantitative estimate of drug-likeness (QED) is 0.600. The lowest BCUT2D eigenvalue weighted by molar-refractivity contribution is -0.120. The number of carbonyl (C=O) groups is 2. The van der Waals surface area contributed by atoms with E-state index in [-0.39, 0.29) is 5.78 Å². The highest BCUT2D eigenvalue weighted by Crippen LogP contribution is 2.12. The molecule has 0 saturated carbocycles. The van der Waals surface area contributed by atoms with Gasteiger partial charge in [-0.2, -0.15) is 0 Å². The number of hydrogen-bond acceptors (Lipinski definition) is 2. The highest BCUT2D eigenvalue weighted by Gasteiger charge is 2.08. The third kappa shape index (κ3) is 7.96. The van der Waals surface area contributed by atoms with E-state index in [9.17, 15) is 9.59 Å². The van der Waals surface area contributed by atoms with Gasteiger partial charge in [-0.3, -0.25) is 4.79 Å². The molecule has 0 saturated heterocycles. The number of rotatable bonds is 8. The number of carbonyl (C=O) groups excluding carboxylic acids is 2. The zero-order valence-corrected chi connectivity index (χ0v) is 9.64. The Kier molecular flexibility index (Phi) is 7.35. The molecule has 0 heterocycles. The van der Waals surface area contributed by atoms with Gasteiger partial charge in [0.2, 0.25) is 0 Å². The lowest BCUT2D eigenvalue weighted by Gasteiger charge is -2.07. The van der Waals surface area contributed by atoms with E-state index in [0.29, 0.717) is 31.0 Å². The van der Waals surface area contributed by atoms with Gasteiger partial charge in [0.05, 0.1) is 0 Å². The summed E-state index contributed by atoms with van der Waals surface area (Å²) < 4.78 is 0. The van der Waals surface area contributed by atoms with E-state index in [1.165, 1.54) is 0 Å². The Labute approximate surface area is 87.1 Å². The fourth-order valence-electron chi connectivity index (χ4n) is 1.50. The average Bonchev–Trinajstić information content (AvgIpc) is 2.10. The summed E-state index contributed by atoms with van der Waals surface area (Å²) in [7, 11) is 0. The normalized spacial score (nSPS) is 12.5. The number of ketones is 2. The molecule has 14 heavy (non-hydrogen) atoms.